The summed E-state index contributed by atoms with van der Waals surface area (Å²) in [4.78, 5) is 23.4. The van der Waals surface area contributed by atoms with E-state index in [1.165, 1.54) is 0 Å². The highest BCUT2D eigenvalue weighted by Crippen LogP contribution is 2.26. The number of rotatable bonds is 3. The summed E-state index contributed by atoms with van der Waals surface area (Å²) in [5.41, 5.74) is -0.274. The van der Waals surface area contributed by atoms with Crippen molar-refractivity contribution in [1.29, 1.82) is 0 Å². The molecular formula is C16H25N5O. The molecule has 1 aromatic heterocycles. The van der Waals surface area contributed by atoms with Crippen molar-refractivity contribution < 1.29 is 4.79 Å². The number of nitrogens with one attached hydrogen (secondary N) is 2. The van der Waals surface area contributed by atoms with Gasteiger partial charge in [0.05, 0.1) is 5.41 Å². The fourth-order valence-corrected chi connectivity index (χ4v) is 3.34. The molecule has 22 heavy (non-hydrogen) atoms. The molecule has 0 aromatic carbocycles. The van der Waals surface area contributed by atoms with Crippen LogP contribution >= 0.6 is 0 Å². The minimum absolute atomic E-state index is 0.181. The molecule has 6 heteroatoms. The topological polar surface area (TPSA) is 70.2 Å². The van der Waals surface area contributed by atoms with Gasteiger partial charge in [0.2, 0.25) is 11.9 Å². The predicted octanol–water partition coefficient (Wildman–Crippen LogP) is 0.951. The number of amides is 1. The summed E-state index contributed by atoms with van der Waals surface area (Å²) in [5, 5.41) is 6.59. The van der Waals surface area contributed by atoms with Crippen LogP contribution in [-0.4, -0.2) is 48.1 Å². The monoisotopic (exact) mass is 303 g/mol. The standard InChI is InChI=1S/C16H25N5O/c1-16(6-3-7-17-12-16)14(22)20-13-5-2-10-21(11-13)15-18-8-4-9-19-15/h4,8-9,13,17H,2-3,5-7,10-12H2,1H3,(H,20,22). The molecule has 2 atom stereocenters. The van der Waals surface area contributed by atoms with Crippen molar-refractivity contribution in [3.63, 3.8) is 0 Å². The van der Waals surface area contributed by atoms with Crippen LogP contribution in [0.2, 0.25) is 0 Å². The first-order valence-corrected chi connectivity index (χ1v) is 8.21. The molecular weight excluding hydrogens is 278 g/mol. The van der Waals surface area contributed by atoms with E-state index >= 15 is 0 Å². The molecule has 3 heterocycles. The van der Waals surface area contributed by atoms with Gasteiger partial charge in [-0.1, -0.05) is 0 Å². The van der Waals surface area contributed by atoms with Crippen molar-refractivity contribution >= 4 is 11.9 Å². The maximum atomic E-state index is 12.6. The zero-order valence-corrected chi connectivity index (χ0v) is 13.2. The molecule has 1 amide bonds. The van der Waals surface area contributed by atoms with Crippen LogP contribution in [0.5, 0.6) is 0 Å². The Morgan fingerprint density at radius 3 is 2.95 bits per heavy atom. The summed E-state index contributed by atoms with van der Waals surface area (Å²) < 4.78 is 0. The van der Waals surface area contributed by atoms with Gasteiger partial charge in [0.15, 0.2) is 0 Å². The number of hydrogen-bond donors (Lipinski definition) is 2. The third kappa shape index (κ3) is 3.38. The molecule has 0 radical (unpaired) electrons. The van der Waals surface area contributed by atoms with Crippen LogP contribution in [-0.2, 0) is 4.79 Å². The maximum absolute atomic E-state index is 12.6. The summed E-state index contributed by atoms with van der Waals surface area (Å²) in [6.45, 7) is 5.60. The van der Waals surface area contributed by atoms with Crippen LogP contribution in [0.4, 0.5) is 5.95 Å². The molecule has 120 valence electrons. The third-order valence-electron chi connectivity index (χ3n) is 4.74. The maximum Gasteiger partial charge on any atom is 0.227 e. The smallest absolute Gasteiger partial charge is 0.227 e. The SMILES string of the molecule is CC1(C(=O)NC2CCCN(c3ncccn3)C2)CCCNC1. The van der Waals surface area contributed by atoms with E-state index in [4.69, 9.17) is 0 Å². The summed E-state index contributed by atoms with van der Waals surface area (Å²) in [7, 11) is 0. The molecule has 1 aromatic rings. The van der Waals surface area contributed by atoms with Crippen LogP contribution in [0.15, 0.2) is 18.5 Å². The molecule has 2 aliphatic rings. The first-order valence-electron chi connectivity index (χ1n) is 8.21. The third-order valence-corrected chi connectivity index (χ3v) is 4.74. The van der Waals surface area contributed by atoms with Crippen molar-refractivity contribution in [3.05, 3.63) is 18.5 Å². The lowest BCUT2D eigenvalue weighted by Crippen LogP contribution is -2.55. The Labute approximate surface area is 131 Å². The van der Waals surface area contributed by atoms with Crippen molar-refractivity contribution in [1.82, 2.24) is 20.6 Å². The highest BCUT2D eigenvalue weighted by Gasteiger charge is 2.36. The fraction of sp³-hybridized carbons (Fsp3) is 0.688. The summed E-state index contributed by atoms with van der Waals surface area (Å²) in [5.74, 6) is 0.938. The number of carbonyl (C=O) groups excluding carboxylic acids is 1. The van der Waals surface area contributed by atoms with Crippen LogP contribution in [0.25, 0.3) is 0 Å². The minimum Gasteiger partial charge on any atom is -0.351 e. The van der Waals surface area contributed by atoms with Crippen molar-refractivity contribution in [2.45, 2.75) is 38.6 Å². The highest BCUT2D eigenvalue weighted by atomic mass is 16.2. The lowest BCUT2D eigenvalue weighted by atomic mass is 9.81. The van der Waals surface area contributed by atoms with Gasteiger partial charge in [-0.25, -0.2) is 9.97 Å². The van der Waals surface area contributed by atoms with Crippen molar-refractivity contribution in [2.24, 2.45) is 5.41 Å². The Kier molecular flexibility index (Phi) is 4.57. The molecule has 2 aliphatic heterocycles. The molecule has 6 nitrogen and oxygen atoms in total. The Morgan fingerprint density at radius 2 is 2.23 bits per heavy atom. The number of aromatic nitrogens is 2. The lowest BCUT2D eigenvalue weighted by molar-refractivity contribution is -0.131. The average molecular weight is 303 g/mol. The zero-order chi connectivity index (χ0) is 15.4. The van der Waals surface area contributed by atoms with Gasteiger partial charge in [0.25, 0.3) is 0 Å². The van der Waals surface area contributed by atoms with Gasteiger partial charge in [0, 0.05) is 38.1 Å². The van der Waals surface area contributed by atoms with Crippen molar-refractivity contribution in [3.8, 4) is 0 Å². The Hall–Kier alpha value is -1.69. The molecule has 2 saturated heterocycles. The van der Waals surface area contributed by atoms with E-state index in [9.17, 15) is 4.79 Å². The molecule has 3 rings (SSSR count). The second-order valence-electron chi connectivity index (χ2n) is 6.65. The average Bonchev–Trinajstić information content (AvgIpc) is 2.56. The summed E-state index contributed by atoms with van der Waals surface area (Å²) >= 11 is 0. The Morgan fingerprint density at radius 1 is 1.41 bits per heavy atom. The van der Waals surface area contributed by atoms with Crippen LogP contribution in [0.1, 0.15) is 32.6 Å². The van der Waals surface area contributed by atoms with Crippen LogP contribution in [0.3, 0.4) is 0 Å². The van der Waals surface area contributed by atoms with E-state index in [0.29, 0.717) is 0 Å². The van der Waals surface area contributed by atoms with E-state index < -0.39 is 0 Å². The van der Waals surface area contributed by atoms with E-state index in [1.807, 2.05) is 6.07 Å². The molecule has 2 fully saturated rings. The fourth-order valence-electron chi connectivity index (χ4n) is 3.34. The molecule has 0 aliphatic carbocycles. The Balaban J connectivity index is 1.59. The van der Waals surface area contributed by atoms with Gasteiger partial charge < -0.3 is 15.5 Å². The normalized spacial score (nSPS) is 29.1. The number of hydrogen-bond acceptors (Lipinski definition) is 5. The molecule has 0 spiro atoms. The van der Waals surface area contributed by atoms with Crippen LogP contribution < -0.4 is 15.5 Å². The van der Waals surface area contributed by atoms with Gasteiger partial charge in [-0.2, -0.15) is 0 Å². The van der Waals surface area contributed by atoms with E-state index in [-0.39, 0.29) is 17.4 Å². The number of nitrogens with zero attached hydrogens (tertiary/aromatic N) is 3. The Bertz CT molecular complexity index is 501. The number of carbonyl (C=O) groups is 1. The lowest BCUT2D eigenvalue weighted by Gasteiger charge is -2.37. The largest absolute Gasteiger partial charge is 0.351 e. The van der Waals surface area contributed by atoms with Gasteiger partial charge >= 0.3 is 0 Å². The second-order valence-corrected chi connectivity index (χ2v) is 6.65. The van der Waals surface area contributed by atoms with Crippen LogP contribution in [0, 0.1) is 5.41 Å². The predicted molar refractivity (Wildman–Crippen MR) is 85.6 cm³/mol. The number of piperidine rings is 2. The second kappa shape index (κ2) is 6.60. The zero-order valence-electron chi connectivity index (χ0n) is 13.2. The van der Waals surface area contributed by atoms with Gasteiger partial charge in [-0.05, 0) is 45.2 Å². The quantitative estimate of drug-likeness (QED) is 0.870. The summed E-state index contributed by atoms with van der Waals surface area (Å²) in [6.07, 6.45) is 7.64. The molecule has 0 saturated carbocycles. The van der Waals surface area contributed by atoms with Crippen molar-refractivity contribution in [2.75, 3.05) is 31.1 Å². The first-order chi connectivity index (χ1) is 10.7. The minimum atomic E-state index is -0.274. The molecule has 2 N–H and O–H groups in total. The first kappa shape index (κ1) is 15.2. The van der Waals surface area contributed by atoms with E-state index in [2.05, 4.69) is 32.4 Å². The van der Waals surface area contributed by atoms with Gasteiger partial charge in [-0.3, -0.25) is 4.79 Å². The molecule has 2 unspecified atom stereocenters. The van der Waals surface area contributed by atoms with Gasteiger partial charge in [-0.15, -0.1) is 0 Å². The van der Waals surface area contributed by atoms with E-state index in [1.54, 1.807) is 12.4 Å². The number of anilines is 1. The highest BCUT2D eigenvalue weighted by molar-refractivity contribution is 5.83. The summed E-state index contributed by atoms with van der Waals surface area (Å²) in [6, 6.07) is 2.01. The van der Waals surface area contributed by atoms with Gasteiger partial charge in [0.1, 0.15) is 0 Å². The van der Waals surface area contributed by atoms with E-state index in [0.717, 1.165) is 57.8 Å². The molecule has 0 bridgehead atoms.